The highest BCUT2D eigenvalue weighted by Gasteiger charge is 2.20. The van der Waals surface area contributed by atoms with Gasteiger partial charge < -0.3 is 10.1 Å². The largest absolute Gasteiger partial charge is 0.465 e. The zero-order valence-corrected chi connectivity index (χ0v) is 16.9. The first-order valence-corrected chi connectivity index (χ1v) is 10.5. The number of rotatable bonds is 7. The van der Waals surface area contributed by atoms with E-state index in [4.69, 9.17) is 4.74 Å². The molecule has 0 unspecified atom stereocenters. The second kappa shape index (κ2) is 9.06. The Hall–Kier alpha value is -2.31. The summed E-state index contributed by atoms with van der Waals surface area (Å²) in [5.74, 6) is 0.348. The van der Waals surface area contributed by atoms with Crippen molar-refractivity contribution in [2.75, 3.05) is 18.2 Å². The molecule has 0 bridgehead atoms. The van der Waals surface area contributed by atoms with Crippen molar-refractivity contribution in [3.8, 4) is 0 Å². The average Bonchev–Trinajstić information content (AvgIpc) is 3.03. The topological polar surface area (TPSA) is 55.4 Å². The first-order chi connectivity index (χ1) is 13.1. The van der Waals surface area contributed by atoms with Crippen LogP contribution in [-0.2, 0) is 9.53 Å². The minimum absolute atomic E-state index is 0.0868. The molecule has 1 heterocycles. The molecule has 6 heteroatoms. The van der Waals surface area contributed by atoms with Gasteiger partial charge in [-0.25, -0.2) is 4.79 Å². The maximum Gasteiger partial charge on any atom is 0.341 e. The summed E-state index contributed by atoms with van der Waals surface area (Å²) >= 11 is 3.14. The van der Waals surface area contributed by atoms with E-state index in [1.165, 1.54) is 28.9 Å². The molecule has 1 amide bonds. The van der Waals surface area contributed by atoms with Gasteiger partial charge in [-0.05, 0) is 37.3 Å². The van der Waals surface area contributed by atoms with Crippen LogP contribution < -0.4 is 5.32 Å². The lowest BCUT2D eigenvalue weighted by Gasteiger charge is -2.06. The summed E-state index contributed by atoms with van der Waals surface area (Å²) < 4.78 is 5.84. The highest BCUT2D eigenvalue weighted by Crippen LogP contribution is 2.36. The van der Waals surface area contributed by atoms with Crippen LogP contribution in [0, 0.1) is 6.92 Å². The standard InChI is InChI=1S/C21H21NO3S2/c1-14-9-11-15(12-10-14)26-13-5-8-18(23)22-20-19(21(24)25-2)16-6-3-4-7-17(16)27-20/h3-4,6-7,9-12H,5,8,13H2,1-2H3,(H,22,23). The van der Waals surface area contributed by atoms with Gasteiger partial charge in [0.1, 0.15) is 10.6 Å². The fourth-order valence-electron chi connectivity index (χ4n) is 2.68. The Morgan fingerprint density at radius 1 is 1.11 bits per heavy atom. The second-order valence-electron chi connectivity index (χ2n) is 6.11. The third-order valence-corrected chi connectivity index (χ3v) is 6.26. The number of benzene rings is 2. The van der Waals surface area contributed by atoms with Crippen LogP contribution in [0.5, 0.6) is 0 Å². The molecule has 0 radical (unpaired) electrons. The number of ether oxygens (including phenoxy) is 1. The van der Waals surface area contributed by atoms with Crippen molar-refractivity contribution in [3.63, 3.8) is 0 Å². The molecule has 0 saturated carbocycles. The van der Waals surface area contributed by atoms with Crippen LogP contribution in [0.25, 0.3) is 10.1 Å². The number of fused-ring (bicyclic) bond motifs is 1. The summed E-state index contributed by atoms with van der Waals surface area (Å²) in [7, 11) is 1.35. The van der Waals surface area contributed by atoms with Crippen LogP contribution >= 0.6 is 23.1 Å². The van der Waals surface area contributed by atoms with E-state index in [1.54, 1.807) is 11.8 Å². The van der Waals surface area contributed by atoms with Gasteiger partial charge in [-0.3, -0.25) is 4.79 Å². The molecule has 3 rings (SSSR count). The molecule has 0 aliphatic rings. The first kappa shape index (κ1) is 19.5. The van der Waals surface area contributed by atoms with Crippen molar-refractivity contribution >= 4 is 50.1 Å². The summed E-state index contributed by atoms with van der Waals surface area (Å²) in [6.45, 7) is 2.06. The van der Waals surface area contributed by atoms with Crippen molar-refractivity contribution in [2.24, 2.45) is 0 Å². The number of aryl methyl sites for hydroxylation is 1. The predicted molar refractivity (Wildman–Crippen MR) is 113 cm³/mol. The van der Waals surface area contributed by atoms with Crippen LogP contribution in [0.4, 0.5) is 5.00 Å². The number of thiophene rings is 1. The molecule has 3 aromatic rings. The van der Waals surface area contributed by atoms with Gasteiger partial charge in [-0.2, -0.15) is 0 Å². The molecule has 1 N–H and O–H groups in total. The van der Waals surface area contributed by atoms with E-state index < -0.39 is 5.97 Å². The van der Waals surface area contributed by atoms with Gasteiger partial charge >= 0.3 is 5.97 Å². The predicted octanol–water partition coefficient (Wildman–Crippen LogP) is 5.51. The van der Waals surface area contributed by atoms with Crippen LogP contribution in [0.2, 0.25) is 0 Å². The molecule has 0 fully saturated rings. The minimum Gasteiger partial charge on any atom is -0.465 e. The van der Waals surface area contributed by atoms with Crippen LogP contribution in [0.3, 0.4) is 0 Å². The van der Waals surface area contributed by atoms with Crippen LogP contribution in [-0.4, -0.2) is 24.7 Å². The van der Waals surface area contributed by atoms with E-state index in [0.29, 0.717) is 17.0 Å². The molecule has 2 aromatic carbocycles. The van der Waals surface area contributed by atoms with Crippen molar-refractivity contribution in [3.05, 3.63) is 59.7 Å². The van der Waals surface area contributed by atoms with E-state index in [9.17, 15) is 9.59 Å². The van der Waals surface area contributed by atoms with Gasteiger partial charge in [0.25, 0.3) is 0 Å². The summed E-state index contributed by atoms with van der Waals surface area (Å²) in [5, 5.41) is 4.25. The highest BCUT2D eigenvalue weighted by molar-refractivity contribution is 7.99. The Morgan fingerprint density at radius 2 is 1.85 bits per heavy atom. The summed E-state index contributed by atoms with van der Waals surface area (Å²) in [6, 6.07) is 15.9. The second-order valence-corrected chi connectivity index (χ2v) is 8.33. The monoisotopic (exact) mass is 399 g/mol. The molecule has 0 saturated heterocycles. The Labute approximate surface area is 166 Å². The number of methoxy groups -OCH3 is 1. The maximum atomic E-state index is 12.3. The lowest BCUT2D eigenvalue weighted by Crippen LogP contribution is -2.13. The van der Waals surface area contributed by atoms with E-state index in [2.05, 4.69) is 36.5 Å². The lowest BCUT2D eigenvalue weighted by atomic mass is 10.1. The number of carbonyl (C=O) groups excluding carboxylic acids is 2. The lowest BCUT2D eigenvalue weighted by molar-refractivity contribution is -0.116. The van der Waals surface area contributed by atoms with Crippen LogP contribution in [0.15, 0.2) is 53.4 Å². The van der Waals surface area contributed by atoms with Gasteiger partial charge in [0.05, 0.1) is 7.11 Å². The van der Waals surface area contributed by atoms with Crippen molar-refractivity contribution in [1.82, 2.24) is 0 Å². The fraction of sp³-hybridized carbons (Fsp3) is 0.238. The molecular weight excluding hydrogens is 378 g/mol. The molecule has 4 nitrogen and oxygen atoms in total. The zero-order chi connectivity index (χ0) is 19.2. The molecule has 0 aliphatic carbocycles. The van der Waals surface area contributed by atoms with Crippen molar-refractivity contribution < 1.29 is 14.3 Å². The van der Waals surface area contributed by atoms with Gasteiger partial charge in [0, 0.05) is 21.4 Å². The van der Waals surface area contributed by atoms with E-state index in [-0.39, 0.29) is 5.91 Å². The molecule has 140 valence electrons. The third-order valence-electron chi connectivity index (χ3n) is 4.08. The zero-order valence-electron chi connectivity index (χ0n) is 15.3. The summed E-state index contributed by atoms with van der Waals surface area (Å²) in [4.78, 5) is 25.7. The fourth-order valence-corrected chi connectivity index (χ4v) is 4.64. The number of hydrogen-bond donors (Lipinski definition) is 1. The number of thioether (sulfide) groups is 1. The normalized spacial score (nSPS) is 10.7. The Kier molecular flexibility index (Phi) is 6.53. The molecule has 0 atom stereocenters. The molecule has 1 aromatic heterocycles. The quantitative estimate of drug-likeness (QED) is 0.323. The molecular formula is C21H21NO3S2. The average molecular weight is 400 g/mol. The van der Waals surface area contributed by atoms with Crippen molar-refractivity contribution in [2.45, 2.75) is 24.7 Å². The minimum atomic E-state index is -0.433. The molecule has 0 aliphatic heterocycles. The van der Waals surface area contributed by atoms with Gasteiger partial charge in [-0.1, -0.05) is 35.9 Å². The van der Waals surface area contributed by atoms with Gasteiger partial charge in [0.2, 0.25) is 5.91 Å². The number of amides is 1. The number of carbonyl (C=O) groups is 2. The van der Waals surface area contributed by atoms with E-state index >= 15 is 0 Å². The van der Waals surface area contributed by atoms with Crippen molar-refractivity contribution in [1.29, 1.82) is 0 Å². The molecule has 0 spiro atoms. The smallest absolute Gasteiger partial charge is 0.341 e. The van der Waals surface area contributed by atoms with Gasteiger partial charge in [0.15, 0.2) is 0 Å². The van der Waals surface area contributed by atoms with E-state index in [1.807, 2.05) is 24.3 Å². The summed E-state index contributed by atoms with van der Waals surface area (Å²) in [5.41, 5.74) is 1.67. The Balaban J connectivity index is 1.59. The number of hydrogen-bond acceptors (Lipinski definition) is 5. The SMILES string of the molecule is COC(=O)c1c(NC(=O)CCCSc2ccc(C)cc2)sc2ccccc12. The number of anilines is 1. The first-order valence-electron chi connectivity index (χ1n) is 8.67. The Bertz CT molecular complexity index is 948. The summed E-state index contributed by atoms with van der Waals surface area (Å²) in [6.07, 6.45) is 1.18. The van der Waals surface area contributed by atoms with Crippen LogP contribution in [0.1, 0.15) is 28.8 Å². The number of nitrogens with one attached hydrogen (secondary N) is 1. The third kappa shape index (κ3) is 4.90. The number of esters is 1. The Morgan fingerprint density at radius 3 is 2.59 bits per heavy atom. The maximum absolute atomic E-state index is 12.3. The molecule has 27 heavy (non-hydrogen) atoms. The van der Waals surface area contributed by atoms with Gasteiger partial charge in [-0.15, -0.1) is 23.1 Å². The highest BCUT2D eigenvalue weighted by atomic mass is 32.2. The van der Waals surface area contributed by atoms with E-state index in [0.717, 1.165) is 22.3 Å².